The van der Waals surface area contributed by atoms with Crippen molar-refractivity contribution >= 4 is 0 Å². The van der Waals surface area contributed by atoms with Crippen LogP contribution in [0.15, 0.2) is 24.3 Å². The van der Waals surface area contributed by atoms with Crippen LogP contribution in [0.5, 0.6) is 0 Å². The zero-order valence-electron chi connectivity index (χ0n) is 11.6. The number of hydrogen-bond donors (Lipinski definition) is 1. The number of benzene rings is 1. The van der Waals surface area contributed by atoms with E-state index in [0.29, 0.717) is 0 Å². The predicted octanol–water partition coefficient (Wildman–Crippen LogP) is 3.20. The van der Waals surface area contributed by atoms with Crippen molar-refractivity contribution in [3.63, 3.8) is 0 Å². The minimum Gasteiger partial charge on any atom is -0.314 e. The molecule has 1 saturated heterocycles. The van der Waals surface area contributed by atoms with Gasteiger partial charge in [-0.1, -0.05) is 24.3 Å². The second-order valence-corrected chi connectivity index (χ2v) is 5.63. The highest BCUT2D eigenvalue weighted by Gasteiger charge is 2.27. The zero-order valence-corrected chi connectivity index (χ0v) is 11.6. The zero-order chi connectivity index (χ0) is 13.9. The molecular weight excluding hydrogens is 246 g/mol. The smallest absolute Gasteiger partial charge is 0.263 e. The van der Waals surface area contributed by atoms with Gasteiger partial charge < -0.3 is 5.32 Å². The molecule has 1 fully saturated rings. The normalized spacial score (nSPS) is 19.8. The molecule has 1 aromatic carbocycles. The molecule has 0 aliphatic carbocycles. The molecule has 1 N–H and O–H groups in total. The van der Waals surface area contributed by atoms with Gasteiger partial charge in [0.1, 0.15) is 0 Å². The van der Waals surface area contributed by atoms with Gasteiger partial charge in [0, 0.05) is 30.7 Å². The highest BCUT2D eigenvalue weighted by molar-refractivity contribution is 5.23. The Kier molecular flexibility index (Phi) is 4.53. The Morgan fingerprint density at radius 3 is 2.26 bits per heavy atom. The summed E-state index contributed by atoms with van der Waals surface area (Å²) in [5, 5.41) is 3.37. The Morgan fingerprint density at radius 2 is 1.79 bits per heavy atom. The van der Waals surface area contributed by atoms with Crippen molar-refractivity contribution in [3.8, 4) is 0 Å². The van der Waals surface area contributed by atoms with Gasteiger partial charge >= 0.3 is 0 Å². The summed E-state index contributed by atoms with van der Waals surface area (Å²) in [7, 11) is 2.01. The summed E-state index contributed by atoms with van der Waals surface area (Å²) < 4.78 is 24.9. The van der Waals surface area contributed by atoms with E-state index in [1.165, 1.54) is 12.1 Å². The molecule has 1 aliphatic rings. The van der Waals surface area contributed by atoms with Gasteiger partial charge in [0.2, 0.25) is 0 Å². The number of nitrogens with zero attached hydrogens (tertiary/aromatic N) is 1. The molecule has 0 atom stereocenters. The summed E-state index contributed by atoms with van der Waals surface area (Å²) in [5.41, 5.74) is 1.46. The fraction of sp³-hybridized carbons (Fsp3) is 0.600. The first kappa shape index (κ1) is 14.4. The third-order valence-electron chi connectivity index (χ3n) is 4.20. The third kappa shape index (κ3) is 3.74. The van der Waals surface area contributed by atoms with E-state index in [9.17, 15) is 8.78 Å². The lowest BCUT2D eigenvalue weighted by molar-refractivity contribution is 0.145. The van der Waals surface area contributed by atoms with Gasteiger partial charge in [-0.2, -0.15) is 0 Å². The molecule has 0 amide bonds. The number of alkyl halides is 2. The summed E-state index contributed by atoms with van der Waals surface area (Å²) in [6.07, 6.45) is -0.127. The van der Waals surface area contributed by atoms with Crippen molar-refractivity contribution in [2.75, 3.05) is 20.1 Å². The molecule has 1 heterocycles. The topological polar surface area (TPSA) is 15.3 Å². The Bertz CT molecular complexity index is 395. The number of likely N-dealkylation sites (tertiary alicyclic amines) is 1. The van der Waals surface area contributed by atoms with Gasteiger partial charge in [-0.25, -0.2) is 8.78 Å². The predicted molar refractivity (Wildman–Crippen MR) is 73.4 cm³/mol. The van der Waals surface area contributed by atoms with Crippen molar-refractivity contribution in [2.45, 2.75) is 38.3 Å². The summed E-state index contributed by atoms with van der Waals surface area (Å²) in [6, 6.07) is 6.68. The highest BCUT2D eigenvalue weighted by Crippen LogP contribution is 2.23. The van der Waals surface area contributed by atoms with E-state index in [2.05, 4.69) is 17.1 Å². The second-order valence-electron chi connectivity index (χ2n) is 5.63. The molecule has 0 unspecified atom stereocenters. The van der Waals surface area contributed by atoms with Gasteiger partial charge in [-0.3, -0.25) is 4.90 Å². The largest absolute Gasteiger partial charge is 0.314 e. The number of nitrogens with one attached hydrogen (secondary N) is 1. The third-order valence-corrected chi connectivity index (χ3v) is 4.20. The van der Waals surface area contributed by atoms with Crippen LogP contribution in [0.3, 0.4) is 0 Å². The van der Waals surface area contributed by atoms with Crippen LogP contribution in [-0.2, 0) is 6.54 Å². The van der Waals surface area contributed by atoms with Crippen LogP contribution in [-0.4, -0.2) is 30.6 Å². The van der Waals surface area contributed by atoms with E-state index in [-0.39, 0.29) is 11.1 Å². The van der Waals surface area contributed by atoms with Gasteiger partial charge in [-0.05, 0) is 32.4 Å². The number of halogens is 2. The molecule has 4 heteroatoms. The van der Waals surface area contributed by atoms with Crippen LogP contribution in [0.4, 0.5) is 8.78 Å². The van der Waals surface area contributed by atoms with Gasteiger partial charge in [-0.15, -0.1) is 0 Å². The average Bonchev–Trinajstić information content (AvgIpc) is 2.42. The minimum absolute atomic E-state index is 0.102. The van der Waals surface area contributed by atoms with E-state index in [4.69, 9.17) is 0 Å². The number of rotatable bonds is 4. The van der Waals surface area contributed by atoms with Gasteiger partial charge in [0.15, 0.2) is 0 Å². The summed E-state index contributed by atoms with van der Waals surface area (Å²) in [4.78, 5) is 2.39. The Balaban J connectivity index is 1.89. The molecule has 2 rings (SSSR count). The first-order valence-electron chi connectivity index (χ1n) is 6.81. The van der Waals surface area contributed by atoms with E-state index in [1.807, 2.05) is 19.2 Å². The molecule has 1 aliphatic heterocycles. The average molecular weight is 268 g/mol. The van der Waals surface area contributed by atoms with Crippen molar-refractivity contribution in [1.29, 1.82) is 0 Å². The quantitative estimate of drug-likeness (QED) is 0.902. The van der Waals surface area contributed by atoms with Crippen molar-refractivity contribution in [1.82, 2.24) is 10.2 Å². The molecular formula is C15H22F2N2. The molecule has 0 radical (unpaired) electrons. The molecule has 0 aromatic heterocycles. The van der Waals surface area contributed by atoms with Crippen LogP contribution in [0.2, 0.25) is 0 Å². The summed E-state index contributed by atoms with van der Waals surface area (Å²) in [5.74, 6) is 0. The fourth-order valence-electron chi connectivity index (χ4n) is 2.48. The van der Waals surface area contributed by atoms with E-state index in [0.717, 1.165) is 38.0 Å². The van der Waals surface area contributed by atoms with E-state index >= 15 is 0 Å². The Morgan fingerprint density at radius 1 is 1.21 bits per heavy atom. The lowest BCUT2D eigenvalue weighted by Gasteiger charge is -2.39. The highest BCUT2D eigenvalue weighted by atomic mass is 19.3. The summed E-state index contributed by atoms with van der Waals surface area (Å²) >= 11 is 0. The molecule has 0 saturated carbocycles. The first-order chi connectivity index (χ1) is 9.02. The van der Waals surface area contributed by atoms with Crippen LogP contribution in [0.1, 0.15) is 37.3 Å². The number of piperidine rings is 1. The van der Waals surface area contributed by atoms with Crippen LogP contribution >= 0.6 is 0 Å². The van der Waals surface area contributed by atoms with Crippen LogP contribution < -0.4 is 5.32 Å². The standard InChI is InChI=1S/C15H22F2N2/c1-15(18-2)7-9-19(10-8-15)11-12-3-5-13(6-4-12)14(16)17/h3-6,14,18H,7-11H2,1-2H3. The van der Waals surface area contributed by atoms with Crippen molar-refractivity contribution in [2.24, 2.45) is 0 Å². The van der Waals surface area contributed by atoms with Crippen molar-refractivity contribution < 1.29 is 8.78 Å². The van der Waals surface area contributed by atoms with Crippen molar-refractivity contribution in [3.05, 3.63) is 35.4 Å². The maximum atomic E-state index is 12.5. The lowest BCUT2D eigenvalue weighted by Crippen LogP contribution is -2.49. The molecule has 1 aromatic rings. The first-order valence-corrected chi connectivity index (χ1v) is 6.81. The van der Waals surface area contributed by atoms with Crippen LogP contribution in [0.25, 0.3) is 0 Å². The maximum absolute atomic E-state index is 12.5. The van der Waals surface area contributed by atoms with Crippen LogP contribution in [0, 0.1) is 0 Å². The molecule has 2 nitrogen and oxygen atoms in total. The van der Waals surface area contributed by atoms with Gasteiger partial charge in [0.05, 0.1) is 0 Å². The fourth-order valence-corrected chi connectivity index (χ4v) is 2.48. The van der Waals surface area contributed by atoms with Gasteiger partial charge in [0.25, 0.3) is 6.43 Å². The molecule has 106 valence electrons. The Hall–Kier alpha value is -1.00. The maximum Gasteiger partial charge on any atom is 0.263 e. The minimum atomic E-state index is -2.37. The molecule has 19 heavy (non-hydrogen) atoms. The summed E-state index contributed by atoms with van der Waals surface area (Å²) in [6.45, 7) is 5.20. The Labute approximate surface area is 113 Å². The monoisotopic (exact) mass is 268 g/mol. The SMILES string of the molecule is CNC1(C)CCN(Cc2ccc(C(F)F)cc2)CC1. The second kappa shape index (κ2) is 5.97. The lowest BCUT2D eigenvalue weighted by atomic mass is 9.90. The van der Waals surface area contributed by atoms with E-state index in [1.54, 1.807) is 0 Å². The van der Waals surface area contributed by atoms with E-state index < -0.39 is 6.43 Å². The molecule has 0 bridgehead atoms. The number of hydrogen-bond acceptors (Lipinski definition) is 2. The molecule has 0 spiro atoms.